The van der Waals surface area contributed by atoms with Crippen LogP contribution in [0, 0.1) is 6.92 Å². The molecule has 0 unspecified atom stereocenters. The maximum atomic E-state index is 12.4. The Labute approximate surface area is 125 Å². The molecule has 0 amide bonds. The van der Waals surface area contributed by atoms with Crippen molar-refractivity contribution in [2.45, 2.75) is 26.9 Å². The highest BCUT2D eigenvalue weighted by Gasteiger charge is 2.15. The van der Waals surface area contributed by atoms with E-state index in [-0.39, 0.29) is 11.9 Å². The molecule has 0 bridgehead atoms. The summed E-state index contributed by atoms with van der Waals surface area (Å²) in [6.07, 6.45) is 0.0994. The van der Waals surface area contributed by atoms with Gasteiger partial charge in [0.1, 0.15) is 5.75 Å². The van der Waals surface area contributed by atoms with Crippen molar-refractivity contribution in [3.05, 3.63) is 50.1 Å². The van der Waals surface area contributed by atoms with Crippen LogP contribution in [0.3, 0.4) is 0 Å². The lowest BCUT2D eigenvalue weighted by Gasteiger charge is -2.10. The highest BCUT2D eigenvalue weighted by atomic mass is 79.9. The van der Waals surface area contributed by atoms with Gasteiger partial charge in [0.15, 0.2) is 5.78 Å². The molecule has 0 radical (unpaired) electrons. The Balaban J connectivity index is 2.31. The van der Waals surface area contributed by atoms with Gasteiger partial charge in [0.2, 0.25) is 0 Å². The summed E-state index contributed by atoms with van der Waals surface area (Å²) in [6.45, 7) is 5.89. The molecular formula is C15H15BrO2S. The molecule has 1 heterocycles. The SMILES string of the molecule is Cc1sc(Br)cc1C(=O)c1cccc(OC(C)C)c1. The maximum Gasteiger partial charge on any atom is 0.194 e. The molecule has 0 saturated carbocycles. The third-order valence-electron chi connectivity index (χ3n) is 2.60. The van der Waals surface area contributed by atoms with Gasteiger partial charge in [0.25, 0.3) is 0 Å². The summed E-state index contributed by atoms with van der Waals surface area (Å²) in [5.41, 5.74) is 1.41. The molecule has 2 nitrogen and oxygen atoms in total. The fourth-order valence-electron chi connectivity index (χ4n) is 1.81. The van der Waals surface area contributed by atoms with Crippen molar-refractivity contribution < 1.29 is 9.53 Å². The Morgan fingerprint density at radius 2 is 2.05 bits per heavy atom. The van der Waals surface area contributed by atoms with E-state index in [1.807, 2.05) is 45.0 Å². The van der Waals surface area contributed by atoms with Gasteiger partial charge in [-0.2, -0.15) is 0 Å². The van der Waals surface area contributed by atoms with Crippen LogP contribution in [-0.2, 0) is 0 Å². The fraction of sp³-hybridized carbons (Fsp3) is 0.267. The molecular weight excluding hydrogens is 324 g/mol. The molecule has 0 N–H and O–H groups in total. The largest absolute Gasteiger partial charge is 0.491 e. The molecule has 0 spiro atoms. The average Bonchev–Trinajstić information content (AvgIpc) is 2.67. The van der Waals surface area contributed by atoms with Crippen molar-refractivity contribution in [2.75, 3.05) is 0 Å². The van der Waals surface area contributed by atoms with Crippen LogP contribution in [0.15, 0.2) is 34.1 Å². The van der Waals surface area contributed by atoms with Gasteiger partial charge in [-0.15, -0.1) is 11.3 Å². The second kappa shape index (κ2) is 5.88. The Morgan fingerprint density at radius 3 is 2.63 bits per heavy atom. The fourth-order valence-corrected chi connectivity index (χ4v) is 3.50. The van der Waals surface area contributed by atoms with Crippen molar-refractivity contribution in [3.63, 3.8) is 0 Å². The molecule has 0 aliphatic heterocycles. The van der Waals surface area contributed by atoms with Gasteiger partial charge >= 0.3 is 0 Å². The smallest absolute Gasteiger partial charge is 0.194 e. The van der Waals surface area contributed by atoms with E-state index in [0.29, 0.717) is 5.56 Å². The number of ether oxygens (including phenoxy) is 1. The number of halogens is 1. The van der Waals surface area contributed by atoms with E-state index in [0.717, 1.165) is 20.0 Å². The normalized spacial score (nSPS) is 10.8. The predicted octanol–water partition coefficient (Wildman–Crippen LogP) is 4.84. The van der Waals surface area contributed by atoms with Gasteiger partial charge in [0, 0.05) is 16.0 Å². The summed E-state index contributed by atoms with van der Waals surface area (Å²) < 4.78 is 6.59. The zero-order valence-corrected chi connectivity index (χ0v) is 13.5. The number of hydrogen-bond donors (Lipinski definition) is 0. The molecule has 0 fully saturated rings. The lowest BCUT2D eigenvalue weighted by Crippen LogP contribution is -2.07. The van der Waals surface area contributed by atoms with Crippen LogP contribution >= 0.6 is 27.3 Å². The number of rotatable bonds is 4. The molecule has 0 atom stereocenters. The lowest BCUT2D eigenvalue weighted by molar-refractivity contribution is 0.103. The molecule has 2 rings (SSSR count). The first-order chi connectivity index (χ1) is 8.97. The molecule has 19 heavy (non-hydrogen) atoms. The molecule has 1 aromatic carbocycles. The van der Waals surface area contributed by atoms with E-state index in [4.69, 9.17) is 4.74 Å². The Hall–Kier alpha value is -1.13. The maximum absolute atomic E-state index is 12.4. The summed E-state index contributed by atoms with van der Waals surface area (Å²) in [7, 11) is 0. The van der Waals surface area contributed by atoms with Crippen LogP contribution in [0.2, 0.25) is 0 Å². The van der Waals surface area contributed by atoms with Gasteiger partial charge in [-0.25, -0.2) is 0 Å². The van der Waals surface area contributed by atoms with E-state index in [1.165, 1.54) is 0 Å². The minimum Gasteiger partial charge on any atom is -0.491 e. The monoisotopic (exact) mass is 338 g/mol. The van der Waals surface area contributed by atoms with Crippen molar-refractivity contribution in [3.8, 4) is 5.75 Å². The summed E-state index contributed by atoms with van der Waals surface area (Å²) in [4.78, 5) is 13.5. The number of hydrogen-bond acceptors (Lipinski definition) is 3. The van der Waals surface area contributed by atoms with Crippen LogP contribution in [0.4, 0.5) is 0 Å². The van der Waals surface area contributed by atoms with Crippen LogP contribution in [-0.4, -0.2) is 11.9 Å². The molecule has 0 saturated heterocycles. The quantitative estimate of drug-likeness (QED) is 0.745. The predicted molar refractivity (Wildman–Crippen MR) is 82.4 cm³/mol. The number of aryl methyl sites for hydroxylation is 1. The van der Waals surface area contributed by atoms with Gasteiger partial charge in [0.05, 0.1) is 9.89 Å². The molecule has 2 aromatic rings. The zero-order valence-electron chi connectivity index (χ0n) is 11.1. The highest BCUT2D eigenvalue weighted by molar-refractivity contribution is 9.11. The topological polar surface area (TPSA) is 26.3 Å². The Bertz CT molecular complexity index is 602. The van der Waals surface area contributed by atoms with Crippen LogP contribution < -0.4 is 4.74 Å². The molecule has 1 aromatic heterocycles. The standard InChI is InChI=1S/C15H15BrO2S/c1-9(2)18-12-6-4-5-11(7-12)15(17)13-8-14(16)19-10(13)3/h4-9H,1-3H3. The highest BCUT2D eigenvalue weighted by Crippen LogP contribution is 2.28. The Morgan fingerprint density at radius 1 is 1.32 bits per heavy atom. The van der Waals surface area contributed by atoms with E-state index in [9.17, 15) is 4.79 Å². The molecule has 100 valence electrons. The second-order valence-electron chi connectivity index (χ2n) is 4.54. The number of thiophene rings is 1. The van der Waals surface area contributed by atoms with Crippen molar-refractivity contribution in [1.29, 1.82) is 0 Å². The summed E-state index contributed by atoms with van der Waals surface area (Å²) in [5, 5.41) is 0. The van der Waals surface area contributed by atoms with Crippen LogP contribution in [0.1, 0.15) is 34.6 Å². The zero-order chi connectivity index (χ0) is 14.0. The molecule has 0 aliphatic carbocycles. The first-order valence-corrected chi connectivity index (χ1v) is 7.65. The minimum atomic E-state index is 0.0358. The third-order valence-corrected chi connectivity index (χ3v) is 4.15. The lowest BCUT2D eigenvalue weighted by atomic mass is 10.0. The summed E-state index contributed by atoms with van der Waals surface area (Å²) >= 11 is 4.98. The molecule has 4 heteroatoms. The van der Waals surface area contributed by atoms with Gasteiger partial charge in [-0.05, 0) is 54.9 Å². The number of ketones is 1. The minimum absolute atomic E-state index is 0.0358. The summed E-state index contributed by atoms with van der Waals surface area (Å²) in [5.74, 6) is 0.765. The van der Waals surface area contributed by atoms with Gasteiger partial charge < -0.3 is 4.74 Å². The van der Waals surface area contributed by atoms with Gasteiger partial charge in [-0.3, -0.25) is 4.79 Å². The number of carbonyl (C=O) groups excluding carboxylic acids is 1. The number of benzene rings is 1. The van der Waals surface area contributed by atoms with E-state index in [1.54, 1.807) is 17.4 Å². The van der Waals surface area contributed by atoms with Crippen molar-refractivity contribution in [2.24, 2.45) is 0 Å². The first-order valence-electron chi connectivity index (χ1n) is 6.04. The average molecular weight is 339 g/mol. The summed E-state index contributed by atoms with van der Waals surface area (Å²) in [6, 6.07) is 9.21. The third kappa shape index (κ3) is 3.45. The van der Waals surface area contributed by atoms with Crippen molar-refractivity contribution in [1.82, 2.24) is 0 Å². The number of carbonyl (C=O) groups is 1. The van der Waals surface area contributed by atoms with E-state index in [2.05, 4.69) is 15.9 Å². The van der Waals surface area contributed by atoms with Crippen LogP contribution in [0.25, 0.3) is 0 Å². The van der Waals surface area contributed by atoms with Gasteiger partial charge in [-0.1, -0.05) is 12.1 Å². The first kappa shape index (κ1) is 14.3. The van der Waals surface area contributed by atoms with E-state index < -0.39 is 0 Å². The van der Waals surface area contributed by atoms with E-state index >= 15 is 0 Å². The van der Waals surface area contributed by atoms with Crippen molar-refractivity contribution >= 4 is 33.0 Å². The van der Waals surface area contributed by atoms with Crippen LogP contribution in [0.5, 0.6) is 5.75 Å². The molecule has 0 aliphatic rings. The second-order valence-corrected chi connectivity index (χ2v) is 7.18. The Kier molecular flexibility index (Phi) is 4.42.